The number of hydrogen-bond donors (Lipinski definition) is 1. The highest BCUT2D eigenvalue weighted by atomic mass is 35.5. The first kappa shape index (κ1) is 8.64. The molecule has 0 amide bonds. The molecule has 0 saturated carbocycles. The fourth-order valence-corrected chi connectivity index (χ4v) is 1.79. The van der Waals surface area contributed by atoms with Crippen LogP contribution in [0.1, 0.15) is 24.8 Å². The lowest BCUT2D eigenvalue weighted by Gasteiger charge is -2.04. The van der Waals surface area contributed by atoms with Crippen molar-refractivity contribution in [1.29, 1.82) is 0 Å². The van der Waals surface area contributed by atoms with Crippen molar-refractivity contribution in [2.24, 2.45) is 0 Å². The van der Waals surface area contributed by atoms with E-state index in [0.29, 0.717) is 10.7 Å². The molecule has 0 bridgehead atoms. The number of nitrogens with two attached hydrogens (primary N) is 1. The Bertz CT molecular complexity index is 355. The Kier molecular flexibility index (Phi) is 2.28. The second-order valence-corrected chi connectivity index (χ2v) is 3.77. The number of benzene rings is 1. The normalized spacial score (nSPS) is 15.9. The summed E-state index contributed by atoms with van der Waals surface area (Å²) in [5, 5.41) is 0.641. The maximum atomic E-state index is 5.84. The lowest BCUT2D eigenvalue weighted by Crippen LogP contribution is -1.88. The van der Waals surface area contributed by atoms with Crippen molar-refractivity contribution in [2.45, 2.75) is 19.3 Å². The molecule has 0 aliphatic heterocycles. The van der Waals surface area contributed by atoms with Crippen LogP contribution in [0.25, 0.3) is 5.57 Å². The number of anilines is 1. The predicted octanol–water partition coefficient (Wildman–Crippen LogP) is 3.49. The zero-order valence-electron chi connectivity index (χ0n) is 7.39. The van der Waals surface area contributed by atoms with E-state index in [2.05, 4.69) is 6.08 Å². The van der Waals surface area contributed by atoms with Crippen LogP contribution in [-0.4, -0.2) is 0 Å². The molecule has 0 unspecified atom stereocenters. The molecular weight excluding hydrogens is 182 g/mol. The molecule has 0 fully saturated rings. The van der Waals surface area contributed by atoms with Gasteiger partial charge >= 0.3 is 0 Å². The highest BCUT2D eigenvalue weighted by Gasteiger charge is 2.07. The van der Waals surface area contributed by atoms with Crippen molar-refractivity contribution < 1.29 is 0 Å². The van der Waals surface area contributed by atoms with Crippen LogP contribution in [0.2, 0.25) is 5.02 Å². The summed E-state index contributed by atoms with van der Waals surface area (Å²) in [4.78, 5) is 0. The Balaban J connectivity index is 2.36. The van der Waals surface area contributed by atoms with E-state index in [0.717, 1.165) is 0 Å². The zero-order chi connectivity index (χ0) is 9.26. The predicted molar refractivity (Wildman–Crippen MR) is 57.7 cm³/mol. The van der Waals surface area contributed by atoms with Gasteiger partial charge in [0.15, 0.2) is 0 Å². The van der Waals surface area contributed by atoms with Gasteiger partial charge < -0.3 is 5.73 Å². The molecule has 2 N–H and O–H groups in total. The second kappa shape index (κ2) is 3.43. The molecule has 1 aliphatic carbocycles. The van der Waals surface area contributed by atoms with Crippen molar-refractivity contribution in [3.8, 4) is 0 Å². The summed E-state index contributed by atoms with van der Waals surface area (Å²) in [6.45, 7) is 0. The van der Waals surface area contributed by atoms with Crippen LogP contribution in [-0.2, 0) is 0 Å². The Morgan fingerprint density at radius 3 is 2.77 bits per heavy atom. The maximum absolute atomic E-state index is 5.84. The summed E-state index contributed by atoms with van der Waals surface area (Å²) in [7, 11) is 0. The topological polar surface area (TPSA) is 26.0 Å². The first-order valence-corrected chi connectivity index (χ1v) is 4.89. The van der Waals surface area contributed by atoms with Gasteiger partial charge in [-0.3, -0.25) is 0 Å². The molecule has 1 aliphatic rings. The molecule has 0 heterocycles. The molecule has 2 heteroatoms. The van der Waals surface area contributed by atoms with E-state index in [1.165, 1.54) is 30.4 Å². The van der Waals surface area contributed by atoms with Gasteiger partial charge in [-0.15, -0.1) is 0 Å². The van der Waals surface area contributed by atoms with E-state index in [-0.39, 0.29) is 0 Å². The summed E-state index contributed by atoms with van der Waals surface area (Å²) in [5.41, 5.74) is 9.03. The van der Waals surface area contributed by atoms with Gasteiger partial charge in [-0.05, 0) is 42.5 Å². The number of nitrogen functional groups attached to an aromatic ring is 1. The molecule has 0 radical (unpaired) electrons. The smallest absolute Gasteiger partial charge is 0.0635 e. The molecular formula is C11H12ClN. The molecule has 2 rings (SSSR count). The third-order valence-electron chi connectivity index (χ3n) is 2.41. The monoisotopic (exact) mass is 193 g/mol. The second-order valence-electron chi connectivity index (χ2n) is 3.36. The van der Waals surface area contributed by atoms with Crippen molar-refractivity contribution in [2.75, 3.05) is 5.73 Å². The van der Waals surface area contributed by atoms with Crippen LogP contribution >= 0.6 is 11.6 Å². The Hall–Kier alpha value is -0.950. The van der Waals surface area contributed by atoms with Gasteiger partial charge in [-0.25, -0.2) is 0 Å². The van der Waals surface area contributed by atoms with E-state index in [1.54, 1.807) is 0 Å². The SMILES string of the molecule is Nc1cc(C2=CCCC2)ccc1Cl. The van der Waals surface area contributed by atoms with Gasteiger partial charge in [0.05, 0.1) is 10.7 Å². The summed E-state index contributed by atoms with van der Waals surface area (Å²) >= 11 is 5.84. The molecule has 1 aromatic rings. The Morgan fingerprint density at radius 1 is 1.31 bits per heavy atom. The first-order chi connectivity index (χ1) is 6.27. The number of halogens is 1. The van der Waals surface area contributed by atoms with E-state index in [9.17, 15) is 0 Å². The average molecular weight is 194 g/mol. The fraction of sp³-hybridized carbons (Fsp3) is 0.273. The minimum absolute atomic E-state index is 0.641. The van der Waals surface area contributed by atoms with Crippen molar-refractivity contribution >= 4 is 22.9 Å². The number of allylic oxidation sites excluding steroid dienone is 2. The van der Waals surface area contributed by atoms with Crippen LogP contribution in [0.4, 0.5) is 5.69 Å². The standard InChI is InChI=1S/C11H12ClN/c12-10-6-5-9(7-11(10)13)8-3-1-2-4-8/h3,5-7H,1-2,4,13H2. The lowest BCUT2D eigenvalue weighted by atomic mass is 10.1. The van der Waals surface area contributed by atoms with Crippen LogP contribution in [0.3, 0.4) is 0 Å². The van der Waals surface area contributed by atoms with Crippen LogP contribution in [0, 0.1) is 0 Å². The van der Waals surface area contributed by atoms with Crippen LogP contribution < -0.4 is 5.73 Å². The zero-order valence-corrected chi connectivity index (χ0v) is 8.14. The molecule has 13 heavy (non-hydrogen) atoms. The third-order valence-corrected chi connectivity index (χ3v) is 2.75. The van der Waals surface area contributed by atoms with Crippen LogP contribution in [0.5, 0.6) is 0 Å². The molecule has 68 valence electrons. The molecule has 1 nitrogen and oxygen atoms in total. The van der Waals surface area contributed by atoms with Gasteiger partial charge in [0.25, 0.3) is 0 Å². The first-order valence-electron chi connectivity index (χ1n) is 4.52. The van der Waals surface area contributed by atoms with Gasteiger partial charge in [0.1, 0.15) is 0 Å². The summed E-state index contributed by atoms with van der Waals surface area (Å²) < 4.78 is 0. The van der Waals surface area contributed by atoms with Crippen molar-refractivity contribution in [3.05, 3.63) is 34.9 Å². The lowest BCUT2D eigenvalue weighted by molar-refractivity contribution is 0.935. The van der Waals surface area contributed by atoms with Crippen molar-refractivity contribution in [3.63, 3.8) is 0 Å². The highest BCUT2D eigenvalue weighted by Crippen LogP contribution is 2.30. The van der Waals surface area contributed by atoms with Gasteiger partial charge in [0.2, 0.25) is 0 Å². The Morgan fingerprint density at radius 2 is 2.15 bits per heavy atom. The summed E-state index contributed by atoms with van der Waals surface area (Å²) in [6.07, 6.45) is 5.90. The van der Waals surface area contributed by atoms with E-state index in [4.69, 9.17) is 17.3 Å². The minimum atomic E-state index is 0.641. The van der Waals surface area contributed by atoms with Crippen molar-refractivity contribution in [1.82, 2.24) is 0 Å². The average Bonchev–Trinajstić information content (AvgIpc) is 2.62. The van der Waals surface area contributed by atoms with E-state index >= 15 is 0 Å². The van der Waals surface area contributed by atoms with Gasteiger partial charge in [-0.1, -0.05) is 23.7 Å². The maximum Gasteiger partial charge on any atom is 0.0635 e. The largest absolute Gasteiger partial charge is 0.398 e. The highest BCUT2D eigenvalue weighted by molar-refractivity contribution is 6.33. The minimum Gasteiger partial charge on any atom is -0.398 e. The van der Waals surface area contributed by atoms with E-state index in [1.807, 2.05) is 18.2 Å². The number of hydrogen-bond acceptors (Lipinski definition) is 1. The number of rotatable bonds is 1. The van der Waals surface area contributed by atoms with E-state index < -0.39 is 0 Å². The molecule has 1 aromatic carbocycles. The molecule has 0 aromatic heterocycles. The quantitative estimate of drug-likeness (QED) is 0.679. The van der Waals surface area contributed by atoms with Gasteiger partial charge in [0, 0.05) is 0 Å². The molecule has 0 spiro atoms. The Labute approximate surface area is 83.2 Å². The van der Waals surface area contributed by atoms with Crippen LogP contribution in [0.15, 0.2) is 24.3 Å². The van der Waals surface area contributed by atoms with Gasteiger partial charge in [-0.2, -0.15) is 0 Å². The molecule has 0 saturated heterocycles. The molecule has 0 atom stereocenters. The summed E-state index contributed by atoms with van der Waals surface area (Å²) in [5.74, 6) is 0. The third kappa shape index (κ3) is 1.70. The summed E-state index contributed by atoms with van der Waals surface area (Å²) in [6, 6.07) is 5.86. The fourth-order valence-electron chi connectivity index (χ4n) is 1.68.